The zero-order valence-electron chi connectivity index (χ0n) is 19.1. The Bertz CT molecular complexity index is 1220. The molecule has 0 aliphatic heterocycles. The fourth-order valence-electron chi connectivity index (χ4n) is 3.87. The molecule has 33 heavy (non-hydrogen) atoms. The molecule has 4 heteroatoms. The Balaban J connectivity index is 1.41. The number of hydrogen-bond donors (Lipinski definition) is 0. The lowest BCUT2D eigenvalue weighted by molar-refractivity contribution is 0.301. The predicted octanol–water partition coefficient (Wildman–Crippen LogP) is 6.80. The second-order valence-corrected chi connectivity index (χ2v) is 7.87. The van der Waals surface area contributed by atoms with Crippen LogP contribution in [0.25, 0.3) is 23.2 Å². The summed E-state index contributed by atoms with van der Waals surface area (Å²) in [5.41, 5.74) is 4.46. The van der Waals surface area contributed by atoms with E-state index in [9.17, 15) is 0 Å². The third-order valence-corrected chi connectivity index (χ3v) is 5.60. The Labute approximate surface area is 195 Å². The van der Waals surface area contributed by atoms with Crippen molar-refractivity contribution in [3.63, 3.8) is 0 Å². The zero-order chi connectivity index (χ0) is 22.9. The summed E-state index contributed by atoms with van der Waals surface area (Å²) < 4.78 is 13.6. The lowest BCUT2D eigenvalue weighted by Gasteiger charge is -2.11. The predicted molar refractivity (Wildman–Crippen MR) is 137 cm³/mol. The Kier molecular flexibility index (Phi) is 7.60. The van der Waals surface area contributed by atoms with Gasteiger partial charge in [0.2, 0.25) is 0 Å². The zero-order valence-corrected chi connectivity index (χ0v) is 19.1. The fraction of sp³-hybridized carbons (Fsp3) is 0.207. The molecule has 0 aliphatic rings. The molecule has 0 fully saturated rings. The summed E-state index contributed by atoms with van der Waals surface area (Å²) in [7, 11) is 1.68. The van der Waals surface area contributed by atoms with Crippen LogP contribution < -0.4 is 9.47 Å². The smallest absolute Gasteiger partial charge is 0.133 e. The number of rotatable bonds is 11. The lowest BCUT2D eigenvalue weighted by Crippen LogP contribution is -2.04. The number of para-hydroxylation sites is 3. The Hall–Kier alpha value is -3.79. The highest BCUT2D eigenvalue weighted by Crippen LogP contribution is 2.21. The van der Waals surface area contributed by atoms with Crippen LogP contribution in [0.15, 0.2) is 85.5 Å². The van der Waals surface area contributed by atoms with Crippen molar-refractivity contribution >= 4 is 23.2 Å². The molecule has 0 N–H and O–H groups in total. The van der Waals surface area contributed by atoms with E-state index in [-0.39, 0.29) is 0 Å². The van der Waals surface area contributed by atoms with Gasteiger partial charge < -0.3 is 14.0 Å². The van der Waals surface area contributed by atoms with Crippen LogP contribution in [0.4, 0.5) is 0 Å². The minimum atomic E-state index is 0.692. The maximum Gasteiger partial charge on any atom is 0.133 e. The van der Waals surface area contributed by atoms with Crippen LogP contribution in [-0.4, -0.2) is 23.3 Å². The molecular formula is C29H30N2O2. The van der Waals surface area contributed by atoms with Crippen molar-refractivity contribution in [3.05, 3.63) is 102 Å². The van der Waals surface area contributed by atoms with Gasteiger partial charge in [0.05, 0.1) is 24.8 Å². The largest absolute Gasteiger partial charge is 0.497 e. The van der Waals surface area contributed by atoms with Gasteiger partial charge in [-0.05, 0) is 66.8 Å². The van der Waals surface area contributed by atoms with E-state index in [1.807, 2.05) is 54.6 Å². The maximum absolute atomic E-state index is 6.05. The Morgan fingerprint density at radius 1 is 0.909 bits per heavy atom. The highest BCUT2D eigenvalue weighted by molar-refractivity contribution is 5.79. The molecule has 0 amide bonds. The van der Waals surface area contributed by atoms with Crippen molar-refractivity contribution in [2.45, 2.75) is 25.8 Å². The van der Waals surface area contributed by atoms with Crippen molar-refractivity contribution in [1.82, 2.24) is 9.55 Å². The molecule has 4 aromatic rings. The summed E-state index contributed by atoms with van der Waals surface area (Å²) in [4.78, 5) is 4.85. The van der Waals surface area contributed by atoms with Gasteiger partial charge in [0.1, 0.15) is 17.3 Å². The van der Waals surface area contributed by atoms with E-state index in [1.54, 1.807) is 7.11 Å². The van der Waals surface area contributed by atoms with Crippen LogP contribution in [0.5, 0.6) is 11.5 Å². The summed E-state index contributed by atoms with van der Waals surface area (Å²) in [6, 6.07) is 24.5. The van der Waals surface area contributed by atoms with Gasteiger partial charge in [-0.3, -0.25) is 0 Å². The summed E-state index contributed by atoms with van der Waals surface area (Å²) in [5, 5.41) is 0. The molecule has 0 aliphatic carbocycles. The van der Waals surface area contributed by atoms with Gasteiger partial charge in [-0.2, -0.15) is 0 Å². The van der Waals surface area contributed by atoms with Crippen molar-refractivity contribution < 1.29 is 9.47 Å². The van der Waals surface area contributed by atoms with E-state index in [4.69, 9.17) is 14.5 Å². The molecule has 1 heterocycles. The number of aromatic nitrogens is 2. The Morgan fingerprint density at radius 3 is 2.52 bits per heavy atom. The first-order valence-electron chi connectivity index (χ1n) is 11.4. The topological polar surface area (TPSA) is 36.3 Å². The number of unbranched alkanes of at least 4 members (excludes halogenated alkanes) is 1. The highest BCUT2D eigenvalue weighted by Gasteiger charge is 2.08. The van der Waals surface area contributed by atoms with Gasteiger partial charge in [-0.1, -0.05) is 54.6 Å². The average Bonchev–Trinajstić information content (AvgIpc) is 3.21. The van der Waals surface area contributed by atoms with E-state index in [0.29, 0.717) is 6.61 Å². The molecule has 168 valence electrons. The van der Waals surface area contributed by atoms with Gasteiger partial charge in [0.15, 0.2) is 0 Å². The molecule has 0 spiro atoms. The number of imidazole rings is 1. The van der Waals surface area contributed by atoms with Crippen LogP contribution >= 0.6 is 0 Å². The van der Waals surface area contributed by atoms with Crippen LogP contribution in [0.1, 0.15) is 29.8 Å². The van der Waals surface area contributed by atoms with Crippen molar-refractivity contribution in [2.75, 3.05) is 13.7 Å². The molecule has 0 bridgehead atoms. The average molecular weight is 439 g/mol. The third-order valence-electron chi connectivity index (χ3n) is 5.60. The normalized spacial score (nSPS) is 11.2. The second kappa shape index (κ2) is 11.2. The highest BCUT2D eigenvalue weighted by atomic mass is 16.5. The van der Waals surface area contributed by atoms with Crippen molar-refractivity contribution in [2.24, 2.45) is 0 Å². The molecule has 4 nitrogen and oxygen atoms in total. The van der Waals surface area contributed by atoms with Gasteiger partial charge in [0, 0.05) is 6.54 Å². The molecule has 4 rings (SSSR count). The molecule has 0 radical (unpaired) electrons. The molecular weight excluding hydrogens is 408 g/mol. The number of fused-ring (bicyclic) bond motifs is 1. The number of ether oxygens (including phenoxy) is 2. The van der Waals surface area contributed by atoms with Gasteiger partial charge >= 0.3 is 0 Å². The van der Waals surface area contributed by atoms with Gasteiger partial charge in [-0.15, -0.1) is 6.58 Å². The number of methoxy groups -OCH3 is 1. The molecule has 0 saturated carbocycles. The van der Waals surface area contributed by atoms with Gasteiger partial charge in [0.25, 0.3) is 0 Å². The minimum absolute atomic E-state index is 0.692. The molecule has 0 atom stereocenters. The second-order valence-electron chi connectivity index (χ2n) is 7.87. The first kappa shape index (κ1) is 22.4. The van der Waals surface area contributed by atoms with Crippen molar-refractivity contribution in [3.8, 4) is 11.5 Å². The number of aryl methyl sites for hydroxylation is 1. The number of hydrogen-bond acceptors (Lipinski definition) is 3. The van der Waals surface area contributed by atoms with Crippen LogP contribution in [0, 0.1) is 0 Å². The molecule has 3 aromatic carbocycles. The van der Waals surface area contributed by atoms with Crippen LogP contribution in [0.3, 0.4) is 0 Å². The SMILES string of the molecule is C=CCc1ccccc1OCCCCn1c(/C=C/c2ccc(OC)cc2)nc2ccccc21. The van der Waals surface area contributed by atoms with E-state index in [2.05, 4.69) is 47.6 Å². The summed E-state index contributed by atoms with van der Waals surface area (Å²) in [6.07, 6.45) is 8.89. The lowest BCUT2D eigenvalue weighted by atomic mass is 10.1. The summed E-state index contributed by atoms with van der Waals surface area (Å²) in [5.74, 6) is 2.77. The first-order chi connectivity index (χ1) is 16.3. The monoisotopic (exact) mass is 438 g/mol. The molecule has 0 unspecified atom stereocenters. The Morgan fingerprint density at radius 2 is 1.70 bits per heavy atom. The van der Waals surface area contributed by atoms with E-state index in [1.165, 1.54) is 5.56 Å². The first-order valence-corrected chi connectivity index (χ1v) is 11.4. The number of nitrogens with zero attached hydrogens (tertiary/aromatic N) is 2. The van der Waals surface area contributed by atoms with E-state index in [0.717, 1.165) is 59.7 Å². The minimum Gasteiger partial charge on any atom is -0.497 e. The van der Waals surface area contributed by atoms with Crippen LogP contribution in [-0.2, 0) is 13.0 Å². The third kappa shape index (κ3) is 5.72. The molecule has 1 aromatic heterocycles. The quantitative estimate of drug-likeness (QED) is 0.191. The van der Waals surface area contributed by atoms with Crippen LogP contribution in [0.2, 0.25) is 0 Å². The van der Waals surface area contributed by atoms with E-state index < -0.39 is 0 Å². The van der Waals surface area contributed by atoms with E-state index >= 15 is 0 Å². The number of benzene rings is 3. The van der Waals surface area contributed by atoms with Crippen molar-refractivity contribution in [1.29, 1.82) is 0 Å². The summed E-state index contributed by atoms with van der Waals surface area (Å²) >= 11 is 0. The van der Waals surface area contributed by atoms with Gasteiger partial charge in [-0.25, -0.2) is 4.98 Å². The molecule has 0 saturated heterocycles. The maximum atomic E-state index is 6.05. The fourth-order valence-corrected chi connectivity index (χ4v) is 3.87. The summed E-state index contributed by atoms with van der Waals surface area (Å²) in [6.45, 7) is 5.42. The standard InChI is InChI=1S/C29H30N2O2/c1-3-10-24-11-4-7-14-28(24)33-22-9-8-21-31-27-13-6-5-12-26(27)30-29(31)20-17-23-15-18-25(32-2)19-16-23/h3-7,11-20H,1,8-10,21-22H2,2H3/b20-17+. The number of allylic oxidation sites excluding steroid dienone is 1.